The smallest absolute Gasteiger partial charge is 0.320 e. The number of nitrogens with zero attached hydrogens (tertiary/aromatic N) is 5. The van der Waals surface area contributed by atoms with Crippen LogP contribution >= 0.6 is 0 Å². The van der Waals surface area contributed by atoms with E-state index in [0.717, 1.165) is 70.6 Å². The molecule has 2 bridgehead atoms. The van der Waals surface area contributed by atoms with Gasteiger partial charge in [-0.2, -0.15) is 9.97 Å². The summed E-state index contributed by atoms with van der Waals surface area (Å²) in [6, 6.07) is 13.0. The van der Waals surface area contributed by atoms with E-state index in [9.17, 15) is 5.11 Å². The van der Waals surface area contributed by atoms with E-state index >= 15 is 0 Å². The summed E-state index contributed by atoms with van der Waals surface area (Å²) in [5.74, 6) is 3.98. The molecule has 6 heterocycles. The molecule has 4 aromatic rings. The number of phenolic OH excluding ortho intramolecular Hbond substituents is 1. The largest absolute Gasteiger partial charge is 0.508 e. The molecule has 0 radical (unpaired) electrons. The molecule has 2 aromatic carbocycles. The Morgan fingerprint density at radius 2 is 1.88 bits per heavy atom. The lowest BCUT2D eigenvalue weighted by molar-refractivity contribution is 0.108. The fourth-order valence-electron chi connectivity index (χ4n) is 8.09. The number of terminal acetylenes is 1. The number of ether oxygens (including phenoxy) is 1. The highest BCUT2D eigenvalue weighted by molar-refractivity contribution is 6.04. The molecular formula is C33H36N6O2. The lowest BCUT2D eigenvalue weighted by Crippen LogP contribution is -2.51. The first kappa shape index (κ1) is 25.0. The van der Waals surface area contributed by atoms with Gasteiger partial charge in [-0.15, -0.1) is 6.42 Å². The third-order valence-electron chi connectivity index (χ3n) is 10.0. The summed E-state index contributed by atoms with van der Waals surface area (Å²) >= 11 is 0. The molecule has 4 aliphatic heterocycles. The molecule has 8 nitrogen and oxygen atoms in total. The zero-order chi connectivity index (χ0) is 27.7. The van der Waals surface area contributed by atoms with Crippen LogP contribution in [0.15, 0.2) is 36.4 Å². The molecular weight excluding hydrogens is 512 g/mol. The Hall–Kier alpha value is -3.80. The van der Waals surface area contributed by atoms with Crippen molar-refractivity contribution in [3.05, 3.63) is 42.0 Å². The van der Waals surface area contributed by atoms with Crippen molar-refractivity contribution < 1.29 is 9.84 Å². The van der Waals surface area contributed by atoms with Crippen LogP contribution in [0.2, 0.25) is 0 Å². The number of hydrogen-bond acceptors (Lipinski definition) is 7. The van der Waals surface area contributed by atoms with E-state index in [0.29, 0.717) is 24.7 Å². The average Bonchev–Trinajstić information content (AvgIpc) is 3.73. The number of benzene rings is 2. The van der Waals surface area contributed by atoms with Crippen molar-refractivity contribution in [2.75, 3.05) is 37.7 Å². The summed E-state index contributed by atoms with van der Waals surface area (Å²) in [7, 11) is 2.03. The third-order valence-corrected chi connectivity index (χ3v) is 10.0. The second-order valence-corrected chi connectivity index (χ2v) is 12.4. The van der Waals surface area contributed by atoms with Crippen LogP contribution in [0.25, 0.3) is 33.1 Å². The zero-order valence-electron chi connectivity index (χ0n) is 23.6. The second kappa shape index (κ2) is 9.37. The monoisotopic (exact) mass is 548 g/mol. The maximum atomic E-state index is 10.7. The fourth-order valence-corrected chi connectivity index (χ4v) is 8.09. The van der Waals surface area contributed by atoms with Gasteiger partial charge in [-0.1, -0.05) is 18.1 Å². The van der Waals surface area contributed by atoms with E-state index < -0.39 is 0 Å². The predicted octanol–water partition coefficient (Wildman–Crippen LogP) is 4.42. The number of aryl methyl sites for hydroxylation is 1. The van der Waals surface area contributed by atoms with Crippen molar-refractivity contribution in [2.24, 2.45) is 7.05 Å². The summed E-state index contributed by atoms with van der Waals surface area (Å²) in [5, 5.41) is 17.3. The van der Waals surface area contributed by atoms with Gasteiger partial charge in [-0.05, 0) is 81.3 Å². The minimum Gasteiger partial charge on any atom is -0.508 e. The average molecular weight is 549 g/mol. The van der Waals surface area contributed by atoms with Gasteiger partial charge in [0, 0.05) is 48.7 Å². The van der Waals surface area contributed by atoms with Crippen LogP contribution in [0.5, 0.6) is 11.8 Å². The van der Waals surface area contributed by atoms with Crippen LogP contribution in [-0.2, 0) is 7.05 Å². The highest BCUT2D eigenvalue weighted by Crippen LogP contribution is 2.41. The number of anilines is 1. The van der Waals surface area contributed by atoms with E-state index in [1.54, 1.807) is 12.1 Å². The SMILES string of the molecule is C#Cc1cccc2cc(O)cc(-c3cc4c(N5CC6CCC(C5)N6)nc(OCC56CCCN5CCC6)nc4n3C)c12. The van der Waals surface area contributed by atoms with Gasteiger partial charge in [0.1, 0.15) is 23.8 Å². The van der Waals surface area contributed by atoms with Gasteiger partial charge in [-0.3, -0.25) is 4.90 Å². The maximum absolute atomic E-state index is 10.7. The molecule has 8 rings (SSSR count). The maximum Gasteiger partial charge on any atom is 0.320 e. The molecule has 4 saturated heterocycles. The van der Waals surface area contributed by atoms with Crippen molar-refractivity contribution in [2.45, 2.75) is 56.1 Å². The first-order valence-electron chi connectivity index (χ1n) is 15.0. The number of fused-ring (bicyclic) bond motifs is 5. The van der Waals surface area contributed by atoms with E-state index in [4.69, 9.17) is 21.1 Å². The van der Waals surface area contributed by atoms with Crippen LogP contribution in [-0.4, -0.2) is 75.0 Å². The van der Waals surface area contributed by atoms with Crippen LogP contribution in [0.4, 0.5) is 5.82 Å². The summed E-state index contributed by atoms with van der Waals surface area (Å²) in [6.07, 6.45) is 13.2. The molecule has 8 heteroatoms. The van der Waals surface area contributed by atoms with Crippen molar-refractivity contribution >= 4 is 27.6 Å². The van der Waals surface area contributed by atoms with Gasteiger partial charge >= 0.3 is 6.01 Å². The number of piperazine rings is 1. The molecule has 0 aliphatic carbocycles. The van der Waals surface area contributed by atoms with Crippen molar-refractivity contribution in [3.63, 3.8) is 0 Å². The van der Waals surface area contributed by atoms with Crippen LogP contribution in [0, 0.1) is 12.3 Å². The molecule has 2 atom stereocenters. The predicted molar refractivity (Wildman–Crippen MR) is 161 cm³/mol. The molecule has 210 valence electrons. The molecule has 2 aromatic heterocycles. The Labute approximate surface area is 240 Å². The number of nitrogens with one attached hydrogen (secondary N) is 1. The van der Waals surface area contributed by atoms with Crippen molar-refractivity contribution in [1.29, 1.82) is 0 Å². The van der Waals surface area contributed by atoms with Gasteiger partial charge < -0.3 is 24.6 Å². The molecule has 2 unspecified atom stereocenters. The summed E-state index contributed by atoms with van der Waals surface area (Å²) in [6.45, 7) is 4.79. The normalized spacial score (nSPS) is 23.4. The van der Waals surface area contributed by atoms with E-state index in [1.165, 1.54) is 38.5 Å². The summed E-state index contributed by atoms with van der Waals surface area (Å²) in [4.78, 5) is 15.1. The molecule has 4 fully saturated rings. The Kier molecular flexibility index (Phi) is 5.70. The molecule has 2 N–H and O–H groups in total. The third kappa shape index (κ3) is 3.98. The zero-order valence-corrected chi connectivity index (χ0v) is 23.6. The highest BCUT2D eigenvalue weighted by Gasteiger charge is 2.45. The van der Waals surface area contributed by atoms with Crippen molar-refractivity contribution in [1.82, 2.24) is 24.8 Å². The van der Waals surface area contributed by atoms with E-state index in [2.05, 4.69) is 31.7 Å². The Balaban J connectivity index is 1.27. The van der Waals surface area contributed by atoms with E-state index in [-0.39, 0.29) is 11.3 Å². The van der Waals surface area contributed by atoms with Gasteiger partial charge in [-0.25, -0.2) is 0 Å². The number of aromatic nitrogens is 3. The Bertz CT molecular complexity index is 1700. The topological polar surface area (TPSA) is 78.7 Å². The Morgan fingerprint density at radius 3 is 2.63 bits per heavy atom. The molecule has 0 saturated carbocycles. The summed E-state index contributed by atoms with van der Waals surface area (Å²) in [5.41, 5.74) is 3.57. The first-order valence-corrected chi connectivity index (χ1v) is 15.0. The van der Waals surface area contributed by atoms with Crippen LogP contribution < -0.4 is 15.0 Å². The minimum atomic E-state index is 0.123. The van der Waals surface area contributed by atoms with E-state index in [1.807, 2.05) is 25.2 Å². The fraction of sp³-hybridized carbons (Fsp3) is 0.455. The molecule has 41 heavy (non-hydrogen) atoms. The lowest BCUT2D eigenvalue weighted by atomic mass is 9.95. The highest BCUT2D eigenvalue weighted by atomic mass is 16.5. The number of aromatic hydroxyl groups is 1. The van der Waals surface area contributed by atoms with Crippen LogP contribution in [0.1, 0.15) is 44.1 Å². The molecule has 4 aliphatic rings. The van der Waals surface area contributed by atoms with Gasteiger partial charge in [0.2, 0.25) is 0 Å². The lowest BCUT2D eigenvalue weighted by Gasteiger charge is -2.34. The van der Waals surface area contributed by atoms with Crippen LogP contribution in [0.3, 0.4) is 0 Å². The number of rotatable bonds is 5. The van der Waals surface area contributed by atoms with Gasteiger partial charge in [0.05, 0.1) is 16.6 Å². The first-order chi connectivity index (χ1) is 20.0. The minimum absolute atomic E-state index is 0.123. The standard InChI is InChI=1S/C33H36N6O2/c1-3-21-7-4-8-22-15-25(40)16-26(29(21)22)28-17-27-30(37(28)2)35-32(41-20-33-11-5-13-39(33)14-6-12-33)36-31(27)38-18-23-9-10-24(19-38)34-23/h1,4,7-8,15-17,23-24,34,40H,5-6,9-14,18-20H2,2H3. The number of phenols is 1. The quantitative estimate of drug-likeness (QED) is 0.358. The number of hydrogen-bond donors (Lipinski definition) is 2. The van der Waals surface area contributed by atoms with Gasteiger partial charge in [0.15, 0.2) is 0 Å². The molecule has 0 amide bonds. The Morgan fingerprint density at radius 1 is 1.10 bits per heavy atom. The second-order valence-electron chi connectivity index (χ2n) is 12.4. The summed E-state index contributed by atoms with van der Waals surface area (Å²) < 4.78 is 8.61. The van der Waals surface area contributed by atoms with Crippen molar-refractivity contribution in [3.8, 4) is 35.4 Å². The molecule has 0 spiro atoms. The van der Waals surface area contributed by atoms with Gasteiger partial charge in [0.25, 0.3) is 0 Å².